The van der Waals surface area contributed by atoms with Gasteiger partial charge >= 0.3 is 0 Å². The van der Waals surface area contributed by atoms with Gasteiger partial charge in [0.2, 0.25) is 5.91 Å². The van der Waals surface area contributed by atoms with Gasteiger partial charge in [-0.2, -0.15) is 0 Å². The number of unbranched alkanes of at least 4 members (excludes halogenated alkanes) is 1. The average molecular weight is 221 g/mol. The highest BCUT2D eigenvalue weighted by Gasteiger charge is 2.04. The summed E-state index contributed by atoms with van der Waals surface area (Å²) in [5.41, 5.74) is 2.05. The molecule has 1 aromatic rings. The maximum Gasteiger partial charge on any atom is 0.224 e. The van der Waals surface area contributed by atoms with Gasteiger partial charge in [-0.15, -0.1) is 0 Å². The van der Waals surface area contributed by atoms with E-state index < -0.39 is 0 Å². The van der Waals surface area contributed by atoms with E-state index in [9.17, 15) is 4.79 Å². The van der Waals surface area contributed by atoms with Crippen LogP contribution in [0.2, 0.25) is 0 Å². The lowest BCUT2D eigenvalue weighted by Gasteiger charge is -2.09. The van der Waals surface area contributed by atoms with Gasteiger partial charge in [0, 0.05) is 18.7 Å². The molecule has 0 unspecified atom stereocenters. The number of hydrogen-bond donors (Lipinski definition) is 2. The summed E-state index contributed by atoms with van der Waals surface area (Å²) in [6.07, 6.45) is 2.80. The monoisotopic (exact) mass is 221 g/mol. The van der Waals surface area contributed by atoms with E-state index in [1.165, 1.54) is 0 Å². The summed E-state index contributed by atoms with van der Waals surface area (Å²) in [5.74, 6) is 0.0225. The SMILES string of the molecule is CCc1ccccc1NC(=O)CCCCO. The topological polar surface area (TPSA) is 49.3 Å². The largest absolute Gasteiger partial charge is 0.396 e. The van der Waals surface area contributed by atoms with Crippen molar-refractivity contribution in [2.24, 2.45) is 0 Å². The van der Waals surface area contributed by atoms with E-state index in [1.807, 2.05) is 24.3 Å². The molecule has 0 saturated carbocycles. The number of hydrogen-bond acceptors (Lipinski definition) is 2. The zero-order valence-electron chi connectivity index (χ0n) is 9.70. The van der Waals surface area contributed by atoms with Crippen molar-refractivity contribution < 1.29 is 9.90 Å². The fourth-order valence-corrected chi connectivity index (χ4v) is 1.56. The van der Waals surface area contributed by atoms with Gasteiger partial charge in [-0.3, -0.25) is 4.79 Å². The molecule has 16 heavy (non-hydrogen) atoms. The maximum atomic E-state index is 11.6. The summed E-state index contributed by atoms with van der Waals surface area (Å²) in [6.45, 7) is 2.22. The van der Waals surface area contributed by atoms with Crippen molar-refractivity contribution in [3.05, 3.63) is 29.8 Å². The molecule has 2 N–H and O–H groups in total. The first-order chi connectivity index (χ1) is 7.77. The van der Waals surface area contributed by atoms with Crippen LogP contribution in [-0.2, 0) is 11.2 Å². The summed E-state index contributed by atoms with van der Waals surface area (Å²) in [5, 5.41) is 11.5. The van der Waals surface area contributed by atoms with Gasteiger partial charge in [0.15, 0.2) is 0 Å². The first kappa shape index (κ1) is 12.7. The second kappa shape index (κ2) is 7.01. The van der Waals surface area contributed by atoms with Gasteiger partial charge < -0.3 is 10.4 Å². The molecule has 0 aliphatic carbocycles. The number of aryl methyl sites for hydroxylation is 1. The van der Waals surface area contributed by atoms with E-state index in [2.05, 4.69) is 12.2 Å². The van der Waals surface area contributed by atoms with Crippen molar-refractivity contribution in [2.75, 3.05) is 11.9 Å². The molecule has 0 aromatic heterocycles. The van der Waals surface area contributed by atoms with Gasteiger partial charge in [-0.25, -0.2) is 0 Å². The molecule has 1 rings (SSSR count). The number of aliphatic hydroxyl groups excluding tert-OH is 1. The highest BCUT2D eigenvalue weighted by atomic mass is 16.2. The predicted molar refractivity (Wildman–Crippen MR) is 65.4 cm³/mol. The Kier molecular flexibility index (Phi) is 5.57. The summed E-state index contributed by atoms with van der Waals surface area (Å²) in [4.78, 5) is 11.6. The Morgan fingerprint density at radius 3 is 2.75 bits per heavy atom. The first-order valence-corrected chi connectivity index (χ1v) is 5.76. The van der Waals surface area contributed by atoms with E-state index in [0.29, 0.717) is 12.8 Å². The molecule has 0 spiro atoms. The Morgan fingerprint density at radius 2 is 2.06 bits per heavy atom. The fourth-order valence-electron chi connectivity index (χ4n) is 1.56. The summed E-state index contributed by atoms with van der Waals surface area (Å²) < 4.78 is 0. The molecule has 0 saturated heterocycles. The quantitative estimate of drug-likeness (QED) is 0.724. The Hall–Kier alpha value is -1.35. The van der Waals surface area contributed by atoms with Crippen LogP contribution < -0.4 is 5.32 Å². The van der Waals surface area contributed by atoms with Gasteiger partial charge in [0.1, 0.15) is 0 Å². The number of benzene rings is 1. The molecule has 0 bridgehead atoms. The lowest BCUT2D eigenvalue weighted by atomic mass is 10.1. The summed E-state index contributed by atoms with van der Waals surface area (Å²) >= 11 is 0. The molecule has 0 aliphatic rings. The van der Waals surface area contributed by atoms with Crippen LogP contribution in [0.15, 0.2) is 24.3 Å². The van der Waals surface area contributed by atoms with E-state index in [4.69, 9.17) is 5.11 Å². The zero-order chi connectivity index (χ0) is 11.8. The average Bonchev–Trinajstić information content (AvgIpc) is 2.30. The third-order valence-corrected chi connectivity index (χ3v) is 2.48. The lowest BCUT2D eigenvalue weighted by molar-refractivity contribution is -0.116. The zero-order valence-corrected chi connectivity index (χ0v) is 9.70. The number of carbonyl (C=O) groups excluding carboxylic acids is 1. The molecule has 1 amide bonds. The Bertz CT molecular complexity index is 336. The second-order valence-electron chi connectivity index (χ2n) is 3.74. The second-order valence-corrected chi connectivity index (χ2v) is 3.74. The van der Waals surface area contributed by atoms with Crippen LogP contribution in [0.25, 0.3) is 0 Å². The van der Waals surface area contributed by atoms with Crippen molar-refractivity contribution in [1.82, 2.24) is 0 Å². The molecule has 3 nitrogen and oxygen atoms in total. The van der Waals surface area contributed by atoms with Crippen molar-refractivity contribution in [3.63, 3.8) is 0 Å². The smallest absolute Gasteiger partial charge is 0.224 e. The molecular weight excluding hydrogens is 202 g/mol. The molecule has 0 radical (unpaired) electrons. The number of nitrogens with one attached hydrogen (secondary N) is 1. The standard InChI is InChI=1S/C13H19NO2/c1-2-11-7-3-4-8-12(11)14-13(16)9-5-6-10-15/h3-4,7-8,15H,2,5-6,9-10H2,1H3,(H,14,16). The molecule has 1 aromatic carbocycles. The molecular formula is C13H19NO2. The van der Waals surface area contributed by atoms with Crippen LogP contribution in [0.1, 0.15) is 31.7 Å². The number of anilines is 1. The minimum atomic E-state index is 0.0225. The lowest BCUT2D eigenvalue weighted by Crippen LogP contribution is -2.12. The third kappa shape index (κ3) is 4.03. The van der Waals surface area contributed by atoms with E-state index in [-0.39, 0.29) is 12.5 Å². The Labute approximate surface area is 96.5 Å². The van der Waals surface area contributed by atoms with Crippen LogP contribution in [-0.4, -0.2) is 17.6 Å². The van der Waals surface area contributed by atoms with Gasteiger partial charge in [0.25, 0.3) is 0 Å². The van der Waals surface area contributed by atoms with Gasteiger partial charge in [0.05, 0.1) is 0 Å². The minimum Gasteiger partial charge on any atom is -0.396 e. The fraction of sp³-hybridized carbons (Fsp3) is 0.462. The third-order valence-electron chi connectivity index (χ3n) is 2.48. The highest BCUT2D eigenvalue weighted by Crippen LogP contribution is 2.15. The molecule has 3 heteroatoms. The number of aliphatic hydroxyl groups is 1. The normalized spacial score (nSPS) is 10.1. The van der Waals surface area contributed by atoms with Crippen molar-refractivity contribution in [2.45, 2.75) is 32.6 Å². The minimum absolute atomic E-state index is 0.0225. The first-order valence-electron chi connectivity index (χ1n) is 5.76. The number of amides is 1. The Morgan fingerprint density at radius 1 is 1.31 bits per heavy atom. The van der Waals surface area contributed by atoms with Crippen LogP contribution in [0.5, 0.6) is 0 Å². The van der Waals surface area contributed by atoms with E-state index >= 15 is 0 Å². The number of rotatable bonds is 6. The predicted octanol–water partition coefficient (Wildman–Crippen LogP) is 2.35. The maximum absolute atomic E-state index is 11.6. The number of carbonyl (C=O) groups is 1. The van der Waals surface area contributed by atoms with Crippen molar-refractivity contribution in [1.29, 1.82) is 0 Å². The number of para-hydroxylation sites is 1. The summed E-state index contributed by atoms with van der Waals surface area (Å²) in [7, 11) is 0. The Balaban J connectivity index is 2.49. The molecule has 0 fully saturated rings. The van der Waals surface area contributed by atoms with Gasteiger partial charge in [-0.05, 0) is 30.9 Å². The van der Waals surface area contributed by atoms with E-state index in [0.717, 1.165) is 24.1 Å². The van der Waals surface area contributed by atoms with Crippen LogP contribution in [0, 0.1) is 0 Å². The molecule has 0 atom stereocenters. The summed E-state index contributed by atoms with van der Waals surface area (Å²) in [6, 6.07) is 7.83. The van der Waals surface area contributed by atoms with Crippen LogP contribution in [0.4, 0.5) is 5.69 Å². The molecule has 88 valence electrons. The van der Waals surface area contributed by atoms with Crippen molar-refractivity contribution >= 4 is 11.6 Å². The van der Waals surface area contributed by atoms with Crippen LogP contribution >= 0.6 is 0 Å². The molecule has 0 aliphatic heterocycles. The van der Waals surface area contributed by atoms with E-state index in [1.54, 1.807) is 0 Å². The highest BCUT2D eigenvalue weighted by molar-refractivity contribution is 5.91. The molecule has 0 heterocycles. The van der Waals surface area contributed by atoms with Gasteiger partial charge in [-0.1, -0.05) is 25.1 Å². The van der Waals surface area contributed by atoms with Crippen molar-refractivity contribution in [3.8, 4) is 0 Å². The van der Waals surface area contributed by atoms with Crippen LogP contribution in [0.3, 0.4) is 0 Å².